The fraction of sp³-hybridized carbons (Fsp3) is 0.0833. The Hall–Kier alpha value is -2.06. The van der Waals surface area contributed by atoms with E-state index in [-0.39, 0.29) is 28.2 Å². The van der Waals surface area contributed by atoms with Crippen molar-refractivity contribution < 1.29 is 14.1 Å². The molecule has 0 spiro atoms. The van der Waals surface area contributed by atoms with Crippen LogP contribution in [0, 0.1) is 15.9 Å². The van der Waals surface area contributed by atoms with Gasteiger partial charge in [0.05, 0.1) is 15.6 Å². The van der Waals surface area contributed by atoms with Crippen molar-refractivity contribution in [2.75, 3.05) is 0 Å². The number of nitro benzene ring substituents is 1. The Morgan fingerprint density at radius 2 is 2.15 bits per heavy atom. The van der Waals surface area contributed by atoms with Crippen molar-refractivity contribution in [3.63, 3.8) is 0 Å². The molecule has 2 aromatic rings. The zero-order chi connectivity index (χ0) is 14.7. The van der Waals surface area contributed by atoms with Gasteiger partial charge in [0, 0.05) is 24.9 Å². The van der Waals surface area contributed by atoms with Gasteiger partial charge in [0.2, 0.25) is 5.75 Å². The second kappa shape index (κ2) is 5.93. The fourth-order valence-corrected chi connectivity index (χ4v) is 1.83. The molecule has 0 aliphatic carbocycles. The van der Waals surface area contributed by atoms with Crippen molar-refractivity contribution in [1.29, 1.82) is 0 Å². The maximum Gasteiger partial charge on any atom is 0.312 e. The van der Waals surface area contributed by atoms with Gasteiger partial charge >= 0.3 is 5.69 Å². The fourth-order valence-electron chi connectivity index (χ4n) is 1.50. The molecule has 1 aromatic heterocycles. The summed E-state index contributed by atoms with van der Waals surface area (Å²) < 4.78 is 18.8. The molecule has 6 nitrogen and oxygen atoms in total. The highest BCUT2D eigenvalue weighted by atomic mass is 79.9. The SMILES string of the molecule is NCc1cncc(Oc2cc(F)c(Br)cc2[N+](=O)[O-])c1. The van der Waals surface area contributed by atoms with Crippen molar-refractivity contribution in [3.05, 3.63) is 56.6 Å². The van der Waals surface area contributed by atoms with Gasteiger partial charge in [-0.15, -0.1) is 0 Å². The van der Waals surface area contributed by atoms with E-state index in [0.717, 1.165) is 12.1 Å². The zero-order valence-electron chi connectivity index (χ0n) is 10.0. The first-order chi connectivity index (χ1) is 9.51. The van der Waals surface area contributed by atoms with Crippen LogP contribution in [0.25, 0.3) is 0 Å². The predicted molar refractivity (Wildman–Crippen MR) is 73.0 cm³/mol. The minimum atomic E-state index is -0.659. The second-order valence-corrected chi connectivity index (χ2v) is 4.68. The monoisotopic (exact) mass is 341 g/mol. The molecular weight excluding hydrogens is 333 g/mol. The standard InChI is InChI=1S/C12H9BrFN3O3/c13-9-2-11(17(18)19)12(3-10(9)14)20-8-1-7(4-15)5-16-6-8/h1-3,5-6H,4,15H2. The molecule has 0 saturated heterocycles. The molecule has 0 fully saturated rings. The average molecular weight is 342 g/mol. The molecule has 2 N–H and O–H groups in total. The highest BCUT2D eigenvalue weighted by Gasteiger charge is 2.19. The van der Waals surface area contributed by atoms with Crippen molar-refractivity contribution in [1.82, 2.24) is 4.98 Å². The lowest BCUT2D eigenvalue weighted by molar-refractivity contribution is -0.385. The molecule has 1 heterocycles. The number of benzene rings is 1. The number of halogens is 2. The number of ether oxygens (including phenoxy) is 1. The largest absolute Gasteiger partial charge is 0.448 e. The van der Waals surface area contributed by atoms with E-state index in [0.29, 0.717) is 5.56 Å². The number of pyridine rings is 1. The molecule has 1 aromatic carbocycles. The molecule has 0 bridgehead atoms. The van der Waals surface area contributed by atoms with Crippen LogP contribution in [-0.4, -0.2) is 9.91 Å². The summed E-state index contributed by atoms with van der Waals surface area (Å²) in [6.07, 6.45) is 2.91. The van der Waals surface area contributed by atoms with Crippen molar-refractivity contribution >= 4 is 21.6 Å². The molecule has 0 radical (unpaired) electrons. The van der Waals surface area contributed by atoms with E-state index in [1.54, 1.807) is 12.3 Å². The number of aromatic nitrogens is 1. The van der Waals surface area contributed by atoms with Crippen LogP contribution in [0.2, 0.25) is 0 Å². The topological polar surface area (TPSA) is 91.3 Å². The summed E-state index contributed by atoms with van der Waals surface area (Å²) in [5, 5.41) is 10.9. The van der Waals surface area contributed by atoms with E-state index in [1.165, 1.54) is 6.20 Å². The minimum absolute atomic E-state index is 0.00890. The lowest BCUT2D eigenvalue weighted by Crippen LogP contribution is -1.99. The Morgan fingerprint density at radius 1 is 1.40 bits per heavy atom. The number of hydrogen-bond acceptors (Lipinski definition) is 5. The lowest BCUT2D eigenvalue weighted by atomic mass is 10.2. The molecular formula is C12H9BrFN3O3. The third-order valence-corrected chi connectivity index (χ3v) is 3.04. The van der Waals surface area contributed by atoms with Crippen LogP contribution in [0.15, 0.2) is 35.1 Å². The number of rotatable bonds is 4. The lowest BCUT2D eigenvalue weighted by Gasteiger charge is -2.08. The Kier molecular flexibility index (Phi) is 4.26. The maximum absolute atomic E-state index is 13.5. The second-order valence-electron chi connectivity index (χ2n) is 3.83. The number of hydrogen-bond donors (Lipinski definition) is 1. The molecule has 0 atom stereocenters. The first-order valence-corrected chi connectivity index (χ1v) is 6.26. The summed E-state index contributed by atoms with van der Waals surface area (Å²) in [6, 6.07) is 3.57. The van der Waals surface area contributed by atoms with Crippen molar-refractivity contribution in [2.45, 2.75) is 6.54 Å². The Balaban J connectivity index is 2.41. The van der Waals surface area contributed by atoms with E-state index < -0.39 is 10.7 Å². The van der Waals surface area contributed by atoms with Gasteiger partial charge in [-0.25, -0.2) is 4.39 Å². The average Bonchev–Trinajstić information content (AvgIpc) is 2.42. The molecule has 20 heavy (non-hydrogen) atoms. The summed E-state index contributed by atoms with van der Waals surface area (Å²) in [5.74, 6) is -0.613. The third-order valence-electron chi connectivity index (χ3n) is 2.43. The van der Waals surface area contributed by atoms with Crippen LogP contribution < -0.4 is 10.5 Å². The number of nitrogens with two attached hydrogens (primary N) is 1. The van der Waals surface area contributed by atoms with Gasteiger partial charge in [0.15, 0.2) is 0 Å². The van der Waals surface area contributed by atoms with Crippen LogP contribution in [0.3, 0.4) is 0 Å². The van der Waals surface area contributed by atoms with Gasteiger partial charge in [-0.1, -0.05) is 0 Å². The van der Waals surface area contributed by atoms with Crippen molar-refractivity contribution in [2.24, 2.45) is 5.73 Å². The van der Waals surface area contributed by atoms with Gasteiger partial charge in [0.25, 0.3) is 0 Å². The maximum atomic E-state index is 13.5. The first kappa shape index (κ1) is 14.4. The minimum Gasteiger partial charge on any atom is -0.448 e. The van der Waals surface area contributed by atoms with Gasteiger partial charge in [-0.2, -0.15) is 0 Å². The van der Waals surface area contributed by atoms with Crippen LogP contribution in [-0.2, 0) is 6.54 Å². The van der Waals surface area contributed by atoms with Crippen LogP contribution in [0.1, 0.15) is 5.56 Å². The zero-order valence-corrected chi connectivity index (χ0v) is 11.6. The summed E-state index contributed by atoms with van der Waals surface area (Å²) in [5.41, 5.74) is 5.81. The summed E-state index contributed by atoms with van der Waals surface area (Å²) in [4.78, 5) is 14.2. The molecule has 2 rings (SSSR count). The molecule has 0 amide bonds. The molecule has 0 aliphatic rings. The van der Waals surface area contributed by atoms with Gasteiger partial charge in [-0.05, 0) is 27.6 Å². The van der Waals surface area contributed by atoms with E-state index >= 15 is 0 Å². The van der Waals surface area contributed by atoms with Crippen LogP contribution in [0.4, 0.5) is 10.1 Å². The van der Waals surface area contributed by atoms with E-state index in [9.17, 15) is 14.5 Å². The van der Waals surface area contributed by atoms with Gasteiger partial charge < -0.3 is 10.5 Å². The van der Waals surface area contributed by atoms with E-state index in [4.69, 9.17) is 10.5 Å². The van der Waals surface area contributed by atoms with E-state index in [1.807, 2.05) is 0 Å². The normalized spacial score (nSPS) is 10.3. The quantitative estimate of drug-likeness (QED) is 0.681. The highest BCUT2D eigenvalue weighted by molar-refractivity contribution is 9.10. The Labute approximate surface area is 121 Å². The summed E-state index contributed by atoms with van der Waals surface area (Å²) in [6.45, 7) is 0.251. The highest BCUT2D eigenvalue weighted by Crippen LogP contribution is 2.35. The van der Waals surface area contributed by atoms with Crippen molar-refractivity contribution in [3.8, 4) is 11.5 Å². The Bertz CT molecular complexity index is 666. The smallest absolute Gasteiger partial charge is 0.312 e. The predicted octanol–water partition coefficient (Wildman–Crippen LogP) is 3.14. The van der Waals surface area contributed by atoms with E-state index in [2.05, 4.69) is 20.9 Å². The first-order valence-electron chi connectivity index (χ1n) is 5.46. The van der Waals surface area contributed by atoms with Crippen LogP contribution >= 0.6 is 15.9 Å². The Morgan fingerprint density at radius 3 is 2.80 bits per heavy atom. The molecule has 104 valence electrons. The summed E-state index contributed by atoms with van der Waals surface area (Å²) >= 11 is 2.89. The summed E-state index contributed by atoms with van der Waals surface area (Å²) in [7, 11) is 0. The number of nitrogens with zero attached hydrogens (tertiary/aromatic N) is 2. The third kappa shape index (κ3) is 3.09. The van der Waals surface area contributed by atoms with Gasteiger partial charge in [-0.3, -0.25) is 15.1 Å². The van der Waals surface area contributed by atoms with Gasteiger partial charge in [0.1, 0.15) is 11.6 Å². The molecule has 8 heteroatoms. The molecule has 0 saturated carbocycles. The van der Waals surface area contributed by atoms with Crippen LogP contribution in [0.5, 0.6) is 11.5 Å². The molecule has 0 aliphatic heterocycles. The number of nitro groups is 1. The molecule has 0 unspecified atom stereocenters.